The SMILES string of the molecule is CC(C)(CNC(=O)OCC1c2ccccc2-c2ccccc21)CC(=O)N(CC(=O)O)C1CCCC1. The predicted molar refractivity (Wildman–Crippen MR) is 133 cm³/mol. The van der Waals surface area contributed by atoms with Crippen LogP contribution < -0.4 is 5.32 Å². The molecule has 2 aliphatic carbocycles. The third kappa shape index (κ3) is 5.84. The first kappa shape index (κ1) is 24.8. The Balaban J connectivity index is 1.31. The van der Waals surface area contributed by atoms with Gasteiger partial charge >= 0.3 is 12.1 Å². The number of carboxylic acid groups (broad SMARTS) is 1. The molecule has 186 valence electrons. The van der Waals surface area contributed by atoms with Crippen LogP contribution in [0.4, 0.5) is 4.79 Å². The molecule has 0 spiro atoms. The van der Waals surface area contributed by atoms with Crippen molar-refractivity contribution in [2.75, 3.05) is 19.7 Å². The number of fused-ring (bicyclic) bond motifs is 3. The number of alkyl carbamates (subject to hydrolysis) is 1. The van der Waals surface area contributed by atoms with Crippen molar-refractivity contribution >= 4 is 18.0 Å². The fraction of sp³-hybridized carbons (Fsp3) is 0.464. The van der Waals surface area contributed by atoms with Crippen molar-refractivity contribution in [1.82, 2.24) is 10.2 Å². The van der Waals surface area contributed by atoms with E-state index in [0.717, 1.165) is 36.8 Å². The van der Waals surface area contributed by atoms with Gasteiger partial charge in [-0.05, 0) is 40.5 Å². The summed E-state index contributed by atoms with van der Waals surface area (Å²) in [4.78, 5) is 38.3. The minimum atomic E-state index is -1.00. The number of aliphatic carboxylic acids is 1. The van der Waals surface area contributed by atoms with E-state index in [1.54, 1.807) is 0 Å². The van der Waals surface area contributed by atoms with E-state index in [2.05, 4.69) is 29.6 Å². The maximum atomic E-state index is 13.0. The molecule has 0 aromatic heterocycles. The van der Waals surface area contributed by atoms with Gasteiger partial charge < -0.3 is 20.1 Å². The molecule has 0 radical (unpaired) electrons. The van der Waals surface area contributed by atoms with Crippen LogP contribution >= 0.6 is 0 Å². The molecule has 4 rings (SSSR count). The molecule has 2 aromatic carbocycles. The summed E-state index contributed by atoms with van der Waals surface area (Å²) < 4.78 is 5.60. The predicted octanol–water partition coefficient (Wildman–Crippen LogP) is 4.80. The smallest absolute Gasteiger partial charge is 0.407 e. The van der Waals surface area contributed by atoms with E-state index in [1.165, 1.54) is 16.0 Å². The van der Waals surface area contributed by atoms with Gasteiger partial charge in [-0.15, -0.1) is 0 Å². The number of carbonyl (C=O) groups is 3. The number of hydrogen-bond acceptors (Lipinski definition) is 4. The molecule has 7 nitrogen and oxygen atoms in total. The van der Waals surface area contributed by atoms with E-state index in [4.69, 9.17) is 4.74 Å². The first-order valence-electron chi connectivity index (χ1n) is 12.4. The largest absolute Gasteiger partial charge is 0.480 e. The fourth-order valence-corrected chi connectivity index (χ4v) is 5.32. The number of rotatable bonds is 9. The zero-order chi connectivity index (χ0) is 25.0. The number of benzene rings is 2. The van der Waals surface area contributed by atoms with Crippen LogP contribution in [0.25, 0.3) is 11.1 Å². The molecule has 0 aliphatic heterocycles. The van der Waals surface area contributed by atoms with E-state index >= 15 is 0 Å². The Morgan fingerprint density at radius 1 is 1.00 bits per heavy atom. The lowest BCUT2D eigenvalue weighted by Gasteiger charge is -2.32. The van der Waals surface area contributed by atoms with Gasteiger partial charge in [-0.2, -0.15) is 0 Å². The molecular formula is C28H34N2O5. The minimum absolute atomic E-state index is 0.00973. The Hall–Kier alpha value is -3.35. The Labute approximate surface area is 206 Å². The summed E-state index contributed by atoms with van der Waals surface area (Å²) in [5.41, 5.74) is 4.10. The van der Waals surface area contributed by atoms with Gasteiger partial charge in [0.05, 0.1) is 0 Å². The number of ether oxygens (including phenoxy) is 1. The summed E-state index contributed by atoms with van der Waals surface area (Å²) >= 11 is 0. The summed E-state index contributed by atoms with van der Waals surface area (Å²) in [6.07, 6.45) is 3.35. The molecule has 2 amide bonds. The summed E-state index contributed by atoms with van der Waals surface area (Å²) in [5, 5.41) is 12.1. The standard InChI is InChI=1S/C28H34N2O5/c1-28(2,15-25(31)30(16-26(32)33)19-9-3-4-10-19)18-29-27(34)35-17-24-22-13-7-5-11-20(22)21-12-6-8-14-23(21)24/h5-8,11-14,19,24H,3-4,9-10,15-18H2,1-2H3,(H,29,34)(H,32,33). The molecule has 35 heavy (non-hydrogen) atoms. The molecule has 2 aliphatic rings. The van der Waals surface area contributed by atoms with Gasteiger partial charge in [0.2, 0.25) is 5.91 Å². The molecule has 0 unspecified atom stereocenters. The van der Waals surface area contributed by atoms with E-state index in [0.29, 0.717) is 0 Å². The van der Waals surface area contributed by atoms with Crippen molar-refractivity contribution in [3.05, 3.63) is 59.7 Å². The molecule has 0 atom stereocenters. The van der Waals surface area contributed by atoms with Gasteiger partial charge in [-0.3, -0.25) is 9.59 Å². The van der Waals surface area contributed by atoms with Gasteiger partial charge in [-0.25, -0.2) is 4.79 Å². The van der Waals surface area contributed by atoms with E-state index < -0.39 is 17.5 Å². The van der Waals surface area contributed by atoms with Crippen molar-refractivity contribution in [3.8, 4) is 11.1 Å². The fourth-order valence-electron chi connectivity index (χ4n) is 5.32. The van der Waals surface area contributed by atoms with Crippen LogP contribution in [0.15, 0.2) is 48.5 Å². The lowest BCUT2D eigenvalue weighted by Crippen LogP contribution is -2.45. The van der Waals surface area contributed by atoms with Crippen LogP contribution in [-0.4, -0.2) is 53.7 Å². The second kappa shape index (κ2) is 10.5. The highest BCUT2D eigenvalue weighted by Gasteiger charge is 2.33. The van der Waals surface area contributed by atoms with Crippen LogP contribution in [0.1, 0.15) is 63.0 Å². The Morgan fingerprint density at radius 2 is 1.57 bits per heavy atom. The second-order valence-electron chi connectivity index (χ2n) is 10.4. The monoisotopic (exact) mass is 478 g/mol. The maximum absolute atomic E-state index is 13.0. The summed E-state index contributed by atoms with van der Waals surface area (Å²) in [6.45, 7) is 3.98. The number of hydrogen-bond donors (Lipinski definition) is 2. The first-order valence-corrected chi connectivity index (χ1v) is 12.4. The molecule has 2 aromatic rings. The number of amides is 2. The van der Waals surface area contributed by atoms with E-state index in [-0.39, 0.29) is 44.0 Å². The molecule has 0 saturated heterocycles. The van der Waals surface area contributed by atoms with Crippen molar-refractivity contribution in [1.29, 1.82) is 0 Å². The van der Waals surface area contributed by atoms with Gasteiger partial charge in [0.15, 0.2) is 0 Å². The van der Waals surface area contributed by atoms with Crippen LogP contribution in [0.5, 0.6) is 0 Å². The molecule has 0 heterocycles. The molecule has 2 N–H and O–H groups in total. The first-order chi connectivity index (χ1) is 16.7. The normalized spacial score (nSPS) is 15.4. The molecular weight excluding hydrogens is 444 g/mol. The van der Waals surface area contributed by atoms with Crippen molar-refractivity contribution in [2.45, 2.75) is 57.9 Å². The van der Waals surface area contributed by atoms with Crippen LogP contribution in [0.3, 0.4) is 0 Å². The Kier molecular flexibility index (Phi) is 7.43. The average molecular weight is 479 g/mol. The van der Waals surface area contributed by atoms with Gasteiger partial charge in [-0.1, -0.05) is 75.2 Å². The quantitative estimate of drug-likeness (QED) is 0.540. The van der Waals surface area contributed by atoms with Crippen molar-refractivity contribution in [2.24, 2.45) is 5.41 Å². The average Bonchev–Trinajstić information content (AvgIpc) is 3.46. The van der Waals surface area contributed by atoms with E-state index in [9.17, 15) is 19.5 Å². The highest BCUT2D eigenvalue weighted by atomic mass is 16.5. The minimum Gasteiger partial charge on any atom is -0.480 e. The van der Waals surface area contributed by atoms with Crippen LogP contribution in [-0.2, 0) is 14.3 Å². The van der Waals surface area contributed by atoms with Gasteiger partial charge in [0, 0.05) is 24.9 Å². The number of nitrogens with one attached hydrogen (secondary N) is 1. The molecule has 0 bridgehead atoms. The van der Waals surface area contributed by atoms with Gasteiger partial charge in [0.25, 0.3) is 0 Å². The highest BCUT2D eigenvalue weighted by Crippen LogP contribution is 2.44. The van der Waals surface area contributed by atoms with Crippen molar-refractivity contribution in [3.63, 3.8) is 0 Å². The summed E-state index contributed by atoms with van der Waals surface area (Å²) in [7, 11) is 0. The zero-order valence-corrected chi connectivity index (χ0v) is 20.5. The highest BCUT2D eigenvalue weighted by molar-refractivity contribution is 5.82. The number of carboxylic acids is 1. The van der Waals surface area contributed by atoms with Crippen LogP contribution in [0, 0.1) is 5.41 Å². The molecule has 1 saturated carbocycles. The second-order valence-corrected chi connectivity index (χ2v) is 10.4. The third-order valence-electron chi connectivity index (χ3n) is 7.08. The Morgan fingerprint density at radius 3 is 2.14 bits per heavy atom. The maximum Gasteiger partial charge on any atom is 0.407 e. The van der Waals surface area contributed by atoms with Crippen LogP contribution in [0.2, 0.25) is 0 Å². The lowest BCUT2D eigenvalue weighted by molar-refractivity contribution is -0.147. The van der Waals surface area contributed by atoms with Crippen molar-refractivity contribution < 1.29 is 24.2 Å². The lowest BCUT2D eigenvalue weighted by atomic mass is 9.88. The number of nitrogens with zero attached hydrogens (tertiary/aromatic N) is 1. The van der Waals surface area contributed by atoms with Gasteiger partial charge in [0.1, 0.15) is 13.2 Å². The summed E-state index contributed by atoms with van der Waals surface area (Å²) in [6, 6.07) is 16.3. The molecule has 1 fully saturated rings. The zero-order valence-electron chi connectivity index (χ0n) is 20.5. The summed E-state index contributed by atoms with van der Waals surface area (Å²) in [5.74, 6) is -1.20. The third-order valence-corrected chi connectivity index (χ3v) is 7.08. The Bertz CT molecular complexity index is 1040. The number of carbonyl (C=O) groups excluding carboxylic acids is 2. The topological polar surface area (TPSA) is 95.9 Å². The molecule has 7 heteroatoms. The van der Waals surface area contributed by atoms with E-state index in [1.807, 2.05) is 38.1 Å².